The standard InChI is InChI=1S/C13H22N4O2/c1-3-19-13(18)12-15-11(16-17-12)9(2)14-10-7-5-4-6-8-10/h9-10,14H,3-8H2,1-2H3,(H,15,16,17). The molecular formula is C13H22N4O2. The Kier molecular flexibility index (Phi) is 4.90. The van der Waals surface area contributed by atoms with Gasteiger partial charge in [-0.2, -0.15) is 0 Å². The number of H-pyrrole nitrogens is 1. The van der Waals surface area contributed by atoms with Gasteiger partial charge < -0.3 is 10.1 Å². The van der Waals surface area contributed by atoms with Crippen LogP contribution in [0.5, 0.6) is 0 Å². The molecule has 0 spiro atoms. The van der Waals surface area contributed by atoms with Crippen molar-refractivity contribution < 1.29 is 9.53 Å². The summed E-state index contributed by atoms with van der Waals surface area (Å²) in [6.45, 7) is 4.13. The molecule has 19 heavy (non-hydrogen) atoms. The van der Waals surface area contributed by atoms with Crippen LogP contribution >= 0.6 is 0 Å². The third-order valence-corrected chi connectivity index (χ3v) is 3.46. The van der Waals surface area contributed by atoms with Gasteiger partial charge in [-0.3, -0.25) is 5.10 Å². The molecule has 1 aromatic rings. The number of aromatic amines is 1. The summed E-state index contributed by atoms with van der Waals surface area (Å²) in [4.78, 5) is 15.7. The maximum absolute atomic E-state index is 11.5. The molecule has 1 aliphatic rings. The first-order valence-corrected chi connectivity index (χ1v) is 7.06. The minimum absolute atomic E-state index is 0.0683. The second-order valence-corrected chi connectivity index (χ2v) is 4.99. The Balaban J connectivity index is 1.91. The zero-order valence-corrected chi connectivity index (χ0v) is 11.6. The maximum Gasteiger partial charge on any atom is 0.378 e. The van der Waals surface area contributed by atoms with E-state index in [0.717, 1.165) is 0 Å². The average Bonchev–Trinajstić information content (AvgIpc) is 2.90. The average molecular weight is 266 g/mol. The van der Waals surface area contributed by atoms with Crippen LogP contribution in [0.2, 0.25) is 0 Å². The number of nitrogens with zero attached hydrogens (tertiary/aromatic N) is 2. The molecule has 0 aromatic carbocycles. The molecule has 6 nitrogen and oxygen atoms in total. The molecule has 1 heterocycles. The first-order valence-electron chi connectivity index (χ1n) is 7.06. The van der Waals surface area contributed by atoms with Gasteiger partial charge in [0, 0.05) is 6.04 Å². The molecule has 1 aromatic heterocycles. The fraction of sp³-hybridized carbons (Fsp3) is 0.769. The van der Waals surface area contributed by atoms with Gasteiger partial charge in [-0.25, -0.2) is 9.78 Å². The fourth-order valence-electron chi connectivity index (χ4n) is 2.46. The summed E-state index contributed by atoms with van der Waals surface area (Å²) >= 11 is 0. The van der Waals surface area contributed by atoms with Crippen molar-refractivity contribution in [2.24, 2.45) is 0 Å². The molecule has 106 valence electrons. The normalized spacial score (nSPS) is 18.2. The van der Waals surface area contributed by atoms with Gasteiger partial charge in [0.2, 0.25) is 0 Å². The lowest BCUT2D eigenvalue weighted by Crippen LogP contribution is -2.33. The summed E-state index contributed by atoms with van der Waals surface area (Å²) in [6.07, 6.45) is 6.33. The molecule has 1 atom stereocenters. The number of ether oxygens (including phenoxy) is 1. The van der Waals surface area contributed by atoms with Gasteiger partial charge in [0.25, 0.3) is 5.82 Å². The molecule has 0 radical (unpaired) electrons. The van der Waals surface area contributed by atoms with Crippen molar-refractivity contribution in [2.45, 2.75) is 58.0 Å². The highest BCUT2D eigenvalue weighted by atomic mass is 16.5. The lowest BCUT2D eigenvalue weighted by molar-refractivity contribution is 0.0512. The van der Waals surface area contributed by atoms with E-state index in [-0.39, 0.29) is 11.9 Å². The molecule has 0 bridgehead atoms. The van der Waals surface area contributed by atoms with Crippen LogP contribution in [0.3, 0.4) is 0 Å². The monoisotopic (exact) mass is 266 g/mol. The van der Waals surface area contributed by atoms with Gasteiger partial charge in [0.1, 0.15) is 5.82 Å². The molecule has 1 aliphatic carbocycles. The Hall–Kier alpha value is -1.43. The summed E-state index contributed by atoms with van der Waals surface area (Å²) in [6, 6.07) is 0.610. The number of aromatic nitrogens is 3. The fourth-order valence-corrected chi connectivity index (χ4v) is 2.46. The van der Waals surface area contributed by atoms with Gasteiger partial charge >= 0.3 is 5.97 Å². The zero-order valence-electron chi connectivity index (χ0n) is 11.6. The van der Waals surface area contributed by atoms with E-state index in [1.165, 1.54) is 32.1 Å². The highest BCUT2D eigenvalue weighted by Gasteiger charge is 2.20. The smallest absolute Gasteiger partial charge is 0.378 e. The molecule has 1 fully saturated rings. The zero-order chi connectivity index (χ0) is 13.7. The SMILES string of the molecule is CCOC(=O)c1n[nH]c(C(C)NC2CCCCC2)n1. The second-order valence-electron chi connectivity index (χ2n) is 4.99. The van der Waals surface area contributed by atoms with Crippen molar-refractivity contribution in [3.05, 3.63) is 11.6 Å². The van der Waals surface area contributed by atoms with Crippen LogP contribution < -0.4 is 5.32 Å². The molecule has 2 rings (SSSR count). The molecule has 1 unspecified atom stereocenters. The third kappa shape index (κ3) is 3.76. The van der Waals surface area contributed by atoms with E-state index < -0.39 is 5.97 Å². The van der Waals surface area contributed by atoms with Gasteiger partial charge in [0.15, 0.2) is 0 Å². The Morgan fingerprint density at radius 3 is 2.89 bits per heavy atom. The van der Waals surface area contributed by atoms with Gasteiger partial charge in [-0.15, -0.1) is 5.10 Å². The summed E-state index contributed by atoms with van der Waals surface area (Å²) in [5.74, 6) is 0.317. The summed E-state index contributed by atoms with van der Waals surface area (Å²) in [5, 5.41) is 10.2. The van der Waals surface area contributed by atoms with Crippen molar-refractivity contribution in [3.63, 3.8) is 0 Å². The van der Waals surface area contributed by atoms with Crippen LogP contribution in [0.1, 0.15) is 68.4 Å². The van der Waals surface area contributed by atoms with Crippen LogP contribution in [-0.2, 0) is 4.74 Å². The number of esters is 1. The van der Waals surface area contributed by atoms with Crippen molar-refractivity contribution in [2.75, 3.05) is 6.61 Å². The predicted octanol–water partition coefficient (Wildman–Crippen LogP) is 1.96. The lowest BCUT2D eigenvalue weighted by atomic mass is 9.95. The Morgan fingerprint density at radius 2 is 2.21 bits per heavy atom. The molecule has 0 aliphatic heterocycles. The second kappa shape index (κ2) is 6.65. The van der Waals surface area contributed by atoms with E-state index in [2.05, 4.69) is 20.5 Å². The molecule has 6 heteroatoms. The number of hydrogen-bond donors (Lipinski definition) is 2. The molecule has 2 N–H and O–H groups in total. The van der Waals surface area contributed by atoms with Crippen molar-refractivity contribution >= 4 is 5.97 Å². The number of nitrogens with one attached hydrogen (secondary N) is 2. The predicted molar refractivity (Wildman–Crippen MR) is 70.8 cm³/mol. The van der Waals surface area contributed by atoms with Crippen LogP contribution in [0.15, 0.2) is 0 Å². The quantitative estimate of drug-likeness (QED) is 0.796. The minimum Gasteiger partial charge on any atom is -0.460 e. The number of carbonyl (C=O) groups is 1. The molecular weight excluding hydrogens is 244 g/mol. The summed E-state index contributed by atoms with van der Waals surface area (Å²) < 4.78 is 4.87. The lowest BCUT2D eigenvalue weighted by Gasteiger charge is -2.25. The highest BCUT2D eigenvalue weighted by molar-refractivity contribution is 5.84. The van der Waals surface area contributed by atoms with E-state index in [1.54, 1.807) is 6.92 Å². The van der Waals surface area contributed by atoms with E-state index >= 15 is 0 Å². The molecule has 0 amide bonds. The van der Waals surface area contributed by atoms with Gasteiger partial charge in [0.05, 0.1) is 12.6 Å². The summed E-state index contributed by atoms with van der Waals surface area (Å²) in [5.41, 5.74) is 0. The number of rotatable bonds is 5. The Bertz CT molecular complexity index is 413. The minimum atomic E-state index is -0.477. The van der Waals surface area contributed by atoms with Gasteiger partial charge in [-0.05, 0) is 26.7 Å². The Labute approximate surface area is 113 Å². The molecule has 1 saturated carbocycles. The van der Waals surface area contributed by atoms with Crippen molar-refractivity contribution in [1.82, 2.24) is 20.5 Å². The maximum atomic E-state index is 11.5. The first kappa shape index (κ1) is 14.0. The van der Waals surface area contributed by atoms with E-state index in [0.29, 0.717) is 18.5 Å². The Morgan fingerprint density at radius 1 is 1.47 bits per heavy atom. The van der Waals surface area contributed by atoms with E-state index in [4.69, 9.17) is 4.74 Å². The highest BCUT2D eigenvalue weighted by Crippen LogP contribution is 2.20. The van der Waals surface area contributed by atoms with Gasteiger partial charge in [-0.1, -0.05) is 19.3 Å². The van der Waals surface area contributed by atoms with Crippen LogP contribution in [-0.4, -0.2) is 33.8 Å². The third-order valence-electron chi connectivity index (χ3n) is 3.46. The number of hydrogen-bond acceptors (Lipinski definition) is 5. The van der Waals surface area contributed by atoms with Crippen LogP contribution in [0, 0.1) is 0 Å². The first-order chi connectivity index (χ1) is 9.20. The largest absolute Gasteiger partial charge is 0.460 e. The van der Waals surface area contributed by atoms with E-state index in [1.807, 2.05) is 6.92 Å². The van der Waals surface area contributed by atoms with E-state index in [9.17, 15) is 4.79 Å². The summed E-state index contributed by atoms with van der Waals surface area (Å²) in [7, 11) is 0. The number of carbonyl (C=O) groups excluding carboxylic acids is 1. The van der Waals surface area contributed by atoms with Crippen LogP contribution in [0.25, 0.3) is 0 Å². The van der Waals surface area contributed by atoms with Crippen molar-refractivity contribution in [1.29, 1.82) is 0 Å². The van der Waals surface area contributed by atoms with Crippen molar-refractivity contribution in [3.8, 4) is 0 Å². The topological polar surface area (TPSA) is 79.9 Å². The van der Waals surface area contributed by atoms with Crippen LogP contribution in [0.4, 0.5) is 0 Å². The molecule has 0 saturated heterocycles.